The Kier molecular flexibility index (Phi) is 5.22. The van der Waals surface area contributed by atoms with Crippen LogP contribution in [0.1, 0.15) is 16.7 Å². The first-order chi connectivity index (χ1) is 13.6. The van der Waals surface area contributed by atoms with Crippen LogP contribution < -0.4 is 0 Å². The van der Waals surface area contributed by atoms with Crippen LogP contribution in [0.25, 0.3) is 28.6 Å². The van der Waals surface area contributed by atoms with E-state index in [1.165, 1.54) is 11.1 Å². The number of aromatic nitrogens is 1. The molecule has 0 aliphatic rings. The zero-order valence-corrected chi connectivity index (χ0v) is 17.3. The first-order valence-corrected chi connectivity index (χ1v) is 9.82. The van der Waals surface area contributed by atoms with Gasteiger partial charge in [-0.05, 0) is 68.0 Å². The second kappa shape index (κ2) is 7.95. The Bertz CT molecular complexity index is 1180. The molecule has 28 heavy (non-hydrogen) atoms. The van der Waals surface area contributed by atoms with E-state index in [1.54, 1.807) is 6.21 Å². The summed E-state index contributed by atoms with van der Waals surface area (Å²) in [4.78, 5) is 9.15. The highest BCUT2D eigenvalue weighted by Gasteiger charge is 2.09. The number of aliphatic imine (C=N–C) groups is 1. The van der Waals surface area contributed by atoms with E-state index < -0.39 is 0 Å². The molecular weight excluding hydrogens is 412 g/mol. The smallest absolute Gasteiger partial charge is 0.227 e. The number of hydrogen-bond acceptors (Lipinski definition) is 3. The fourth-order valence-electron chi connectivity index (χ4n) is 3.11. The van der Waals surface area contributed by atoms with Gasteiger partial charge in [-0.2, -0.15) is 0 Å². The summed E-state index contributed by atoms with van der Waals surface area (Å²) in [6, 6.07) is 20.2. The Hall–Kier alpha value is -2.98. The summed E-state index contributed by atoms with van der Waals surface area (Å²) in [5.41, 5.74) is 6.91. The van der Waals surface area contributed by atoms with Crippen LogP contribution in [0.4, 0.5) is 5.69 Å². The number of hydrogen-bond donors (Lipinski definition) is 0. The molecule has 4 rings (SSSR count). The lowest BCUT2D eigenvalue weighted by Gasteiger charge is -2.00. The van der Waals surface area contributed by atoms with E-state index in [9.17, 15) is 0 Å². The van der Waals surface area contributed by atoms with Crippen molar-refractivity contribution < 1.29 is 4.42 Å². The molecule has 0 amide bonds. The summed E-state index contributed by atoms with van der Waals surface area (Å²) in [5.74, 6) is 0.637. The molecule has 3 nitrogen and oxygen atoms in total. The van der Waals surface area contributed by atoms with E-state index in [2.05, 4.69) is 64.0 Å². The first kappa shape index (κ1) is 18.4. The summed E-state index contributed by atoms with van der Waals surface area (Å²) < 4.78 is 6.99. The fraction of sp³-hybridized carbons (Fsp3) is 0.0833. The molecule has 0 bridgehead atoms. The number of allylic oxidation sites excluding steroid dienone is 1. The van der Waals surface area contributed by atoms with Crippen molar-refractivity contribution in [3.05, 3.63) is 87.9 Å². The summed E-state index contributed by atoms with van der Waals surface area (Å²) >= 11 is 3.47. The van der Waals surface area contributed by atoms with Gasteiger partial charge in [0.05, 0.1) is 5.69 Å². The Balaban J connectivity index is 1.56. The summed E-state index contributed by atoms with van der Waals surface area (Å²) in [5, 5.41) is 0. The highest BCUT2D eigenvalue weighted by atomic mass is 79.9. The van der Waals surface area contributed by atoms with Gasteiger partial charge in [-0.25, -0.2) is 4.98 Å². The molecule has 0 saturated heterocycles. The molecule has 1 heterocycles. The predicted octanol–water partition coefficient (Wildman–Crippen LogP) is 7.29. The van der Waals surface area contributed by atoms with Crippen molar-refractivity contribution in [3.8, 4) is 11.5 Å². The molecule has 0 saturated carbocycles. The van der Waals surface area contributed by atoms with Gasteiger partial charge in [0.25, 0.3) is 0 Å². The van der Waals surface area contributed by atoms with Gasteiger partial charge >= 0.3 is 0 Å². The maximum absolute atomic E-state index is 5.93. The van der Waals surface area contributed by atoms with E-state index in [0.717, 1.165) is 32.4 Å². The highest BCUT2D eigenvalue weighted by molar-refractivity contribution is 9.10. The second-order valence-electron chi connectivity index (χ2n) is 6.74. The Morgan fingerprint density at radius 3 is 2.57 bits per heavy atom. The summed E-state index contributed by atoms with van der Waals surface area (Å²) in [6.07, 6.45) is 5.73. The van der Waals surface area contributed by atoms with Crippen molar-refractivity contribution >= 4 is 45.0 Å². The molecule has 1 aromatic heterocycles. The number of rotatable bonds is 4. The number of aryl methyl sites for hydroxylation is 2. The molecule has 0 aliphatic carbocycles. The van der Waals surface area contributed by atoms with Gasteiger partial charge in [-0.1, -0.05) is 51.3 Å². The molecule has 4 aromatic rings. The summed E-state index contributed by atoms with van der Waals surface area (Å²) in [7, 11) is 0. The van der Waals surface area contributed by atoms with Crippen LogP contribution in [0, 0.1) is 13.8 Å². The largest absolute Gasteiger partial charge is 0.436 e. The van der Waals surface area contributed by atoms with Crippen LogP contribution in [-0.4, -0.2) is 11.2 Å². The Morgan fingerprint density at radius 1 is 0.964 bits per heavy atom. The predicted molar refractivity (Wildman–Crippen MR) is 120 cm³/mol. The quantitative estimate of drug-likeness (QED) is 0.318. The van der Waals surface area contributed by atoms with Crippen LogP contribution in [-0.2, 0) is 0 Å². The van der Waals surface area contributed by atoms with E-state index in [-0.39, 0.29) is 0 Å². The van der Waals surface area contributed by atoms with Gasteiger partial charge in [0.2, 0.25) is 5.89 Å². The standard InChI is InChI=1S/C24H19BrN2O/c1-16-11-17(2)13-19(12-16)24-27-22-15-21(8-9-23(22)28-24)26-10-4-6-18-5-3-7-20(25)14-18/h3-15H,1-2H3/b6-4+,26-10?. The molecule has 138 valence electrons. The van der Waals surface area contributed by atoms with E-state index in [1.807, 2.05) is 48.6 Å². The third-order valence-corrected chi connectivity index (χ3v) is 4.78. The molecule has 4 heteroatoms. The van der Waals surface area contributed by atoms with Crippen LogP contribution in [0.5, 0.6) is 0 Å². The van der Waals surface area contributed by atoms with Gasteiger partial charge in [-0.3, -0.25) is 4.99 Å². The number of benzene rings is 3. The molecule has 0 radical (unpaired) electrons. The van der Waals surface area contributed by atoms with Crippen LogP contribution in [0.3, 0.4) is 0 Å². The van der Waals surface area contributed by atoms with Gasteiger partial charge in [0, 0.05) is 16.3 Å². The maximum atomic E-state index is 5.93. The third-order valence-electron chi connectivity index (χ3n) is 4.29. The van der Waals surface area contributed by atoms with Crippen LogP contribution in [0.2, 0.25) is 0 Å². The fourth-order valence-corrected chi connectivity index (χ4v) is 3.53. The molecule has 0 atom stereocenters. The third kappa shape index (κ3) is 4.29. The molecular formula is C24H19BrN2O. The van der Waals surface area contributed by atoms with Crippen molar-refractivity contribution in [2.24, 2.45) is 4.99 Å². The van der Waals surface area contributed by atoms with Gasteiger partial charge in [0.1, 0.15) is 5.52 Å². The highest BCUT2D eigenvalue weighted by Crippen LogP contribution is 2.28. The normalized spacial score (nSPS) is 11.8. The van der Waals surface area contributed by atoms with E-state index in [0.29, 0.717) is 5.89 Å². The van der Waals surface area contributed by atoms with Crippen LogP contribution in [0.15, 0.2) is 80.6 Å². The molecule has 0 N–H and O–H groups in total. The molecule has 0 spiro atoms. The SMILES string of the molecule is Cc1cc(C)cc(-c2nc3cc(N=C/C=C/c4cccc(Br)c4)ccc3o2)c1. The number of oxazole rings is 1. The molecule has 0 aliphatic heterocycles. The second-order valence-corrected chi connectivity index (χ2v) is 7.66. The van der Waals surface area contributed by atoms with Crippen molar-refractivity contribution in [3.63, 3.8) is 0 Å². The van der Waals surface area contributed by atoms with E-state index >= 15 is 0 Å². The lowest BCUT2D eigenvalue weighted by molar-refractivity contribution is 0.619. The zero-order valence-electron chi connectivity index (χ0n) is 15.7. The average molecular weight is 431 g/mol. The van der Waals surface area contributed by atoms with Gasteiger partial charge in [0.15, 0.2) is 5.58 Å². The zero-order chi connectivity index (χ0) is 19.5. The van der Waals surface area contributed by atoms with E-state index in [4.69, 9.17) is 4.42 Å². The minimum Gasteiger partial charge on any atom is -0.436 e. The summed E-state index contributed by atoms with van der Waals surface area (Å²) in [6.45, 7) is 4.15. The number of nitrogens with zero attached hydrogens (tertiary/aromatic N) is 2. The topological polar surface area (TPSA) is 38.4 Å². The minimum atomic E-state index is 0.637. The van der Waals surface area contributed by atoms with Gasteiger partial charge < -0.3 is 4.42 Å². The minimum absolute atomic E-state index is 0.637. The van der Waals surface area contributed by atoms with Crippen molar-refractivity contribution in [1.29, 1.82) is 0 Å². The van der Waals surface area contributed by atoms with Crippen molar-refractivity contribution in [2.75, 3.05) is 0 Å². The maximum Gasteiger partial charge on any atom is 0.227 e. The Morgan fingerprint density at radius 2 is 1.79 bits per heavy atom. The lowest BCUT2D eigenvalue weighted by atomic mass is 10.1. The monoisotopic (exact) mass is 430 g/mol. The number of halogens is 1. The van der Waals surface area contributed by atoms with Crippen LogP contribution >= 0.6 is 15.9 Å². The number of fused-ring (bicyclic) bond motifs is 1. The first-order valence-electron chi connectivity index (χ1n) is 9.02. The van der Waals surface area contributed by atoms with Crippen molar-refractivity contribution in [2.45, 2.75) is 13.8 Å². The lowest BCUT2D eigenvalue weighted by Crippen LogP contribution is -1.82. The Labute approximate surface area is 172 Å². The molecule has 3 aromatic carbocycles. The molecule has 0 unspecified atom stereocenters. The molecule has 0 fully saturated rings. The van der Waals surface area contributed by atoms with Crippen molar-refractivity contribution in [1.82, 2.24) is 4.98 Å². The van der Waals surface area contributed by atoms with Gasteiger partial charge in [-0.15, -0.1) is 0 Å². The average Bonchev–Trinajstić information content (AvgIpc) is 3.08.